The molecule has 0 spiro atoms. The summed E-state index contributed by atoms with van der Waals surface area (Å²) in [6, 6.07) is 15.7. The fourth-order valence-electron chi connectivity index (χ4n) is 3.17. The first-order valence-corrected chi connectivity index (χ1v) is 13.5. The minimum Gasteiger partial charge on any atom is -0.279 e. The molecule has 0 radical (unpaired) electrons. The van der Waals surface area contributed by atoms with E-state index in [4.69, 9.17) is 4.98 Å². The minimum atomic E-state index is -3.58. The molecule has 0 saturated heterocycles. The number of carbonyl (C=O) groups excluding carboxylic acids is 1. The molecule has 0 aliphatic rings. The number of anilines is 1. The van der Waals surface area contributed by atoms with Crippen LogP contribution in [0.3, 0.4) is 0 Å². The standard InChI is InChI=1S/C23H22N4O3S3/c1-26(2)33(29,30)19-9-6-17(7-10-19)22(28)27(15-16-5-4-12-24-14-16)23-25-20-11-8-18(31-3)13-21(20)32-23/h4-14H,15H2,1-3H3. The van der Waals surface area contributed by atoms with Gasteiger partial charge in [0.1, 0.15) is 0 Å². The molecule has 10 heteroatoms. The number of aromatic nitrogens is 2. The van der Waals surface area contributed by atoms with E-state index in [0.717, 1.165) is 25.0 Å². The van der Waals surface area contributed by atoms with E-state index in [1.165, 1.54) is 49.7 Å². The Balaban J connectivity index is 1.72. The zero-order valence-electron chi connectivity index (χ0n) is 18.3. The maximum absolute atomic E-state index is 13.6. The Morgan fingerprint density at radius 1 is 1.09 bits per heavy atom. The van der Waals surface area contributed by atoms with Crippen LogP contribution in [0.15, 0.2) is 76.8 Å². The van der Waals surface area contributed by atoms with Gasteiger partial charge in [0.05, 0.1) is 21.7 Å². The number of thiazole rings is 1. The van der Waals surface area contributed by atoms with Crippen molar-refractivity contribution in [3.63, 3.8) is 0 Å². The molecule has 0 N–H and O–H groups in total. The van der Waals surface area contributed by atoms with Crippen LogP contribution in [0.2, 0.25) is 0 Å². The fraction of sp³-hybridized carbons (Fsp3) is 0.174. The van der Waals surface area contributed by atoms with Crippen LogP contribution in [0, 0.1) is 0 Å². The van der Waals surface area contributed by atoms with Crippen molar-refractivity contribution < 1.29 is 13.2 Å². The first-order chi connectivity index (χ1) is 15.8. The molecule has 2 aromatic carbocycles. The highest BCUT2D eigenvalue weighted by molar-refractivity contribution is 7.98. The van der Waals surface area contributed by atoms with Gasteiger partial charge in [-0.1, -0.05) is 17.4 Å². The van der Waals surface area contributed by atoms with Gasteiger partial charge in [0.2, 0.25) is 10.0 Å². The van der Waals surface area contributed by atoms with Crippen LogP contribution in [-0.4, -0.2) is 48.9 Å². The maximum atomic E-state index is 13.6. The number of nitrogens with zero attached hydrogens (tertiary/aromatic N) is 4. The number of hydrogen-bond donors (Lipinski definition) is 0. The topological polar surface area (TPSA) is 83.5 Å². The van der Waals surface area contributed by atoms with Crippen molar-refractivity contribution in [2.24, 2.45) is 0 Å². The van der Waals surface area contributed by atoms with Gasteiger partial charge >= 0.3 is 0 Å². The van der Waals surface area contributed by atoms with Crippen LogP contribution in [0.5, 0.6) is 0 Å². The fourth-order valence-corrected chi connectivity index (χ4v) is 5.59. The second kappa shape index (κ2) is 9.60. The number of amides is 1. The third kappa shape index (κ3) is 4.93. The molecule has 170 valence electrons. The van der Waals surface area contributed by atoms with Crippen LogP contribution in [-0.2, 0) is 16.6 Å². The van der Waals surface area contributed by atoms with Crippen molar-refractivity contribution in [3.05, 3.63) is 78.1 Å². The third-order valence-corrected chi connectivity index (χ3v) is 8.60. The van der Waals surface area contributed by atoms with Crippen molar-refractivity contribution in [3.8, 4) is 0 Å². The summed E-state index contributed by atoms with van der Waals surface area (Å²) < 4.78 is 26.9. The van der Waals surface area contributed by atoms with Gasteiger partial charge in [0, 0.05) is 36.9 Å². The van der Waals surface area contributed by atoms with Crippen molar-refractivity contribution in [1.29, 1.82) is 0 Å². The number of rotatable bonds is 7. The predicted molar refractivity (Wildman–Crippen MR) is 133 cm³/mol. The number of thioether (sulfide) groups is 1. The highest BCUT2D eigenvalue weighted by Crippen LogP contribution is 2.33. The van der Waals surface area contributed by atoms with E-state index in [1.807, 2.05) is 30.5 Å². The van der Waals surface area contributed by atoms with Gasteiger partial charge in [-0.2, -0.15) is 0 Å². The largest absolute Gasteiger partial charge is 0.279 e. The van der Waals surface area contributed by atoms with E-state index in [0.29, 0.717) is 17.2 Å². The van der Waals surface area contributed by atoms with E-state index in [2.05, 4.69) is 11.1 Å². The molecule has 1 amide bonds. The normalized spacial score (nSPS) is 11.8. The summed E-state index contributed by atoms with van der Waals surface area (Å²) >= 11 is 3.10. The Bertz CT molecular complexity index is 1390. The van der Waals surface area contributed by atoms with E-state index in [-0.39, 0.29) is 10.8 Å². The zero-order chi connectivity index (χ0) is 23.6. The first kappa shape index (κ1) is 23.4. The molecule has 0 bridgehead atoms. The molecule has 0 aliphatic carbocycles. The molecule has 2 aromatic heterocycles. The molecule has 33 heavy (non-hydrogen) atoms. The SMILES string of the molecule is CSc1ccc2nc(N(Cc3cccnc3)C(=O)c3ccc(S(=O)(=O)N(C)C)cc3)sc2c1. The van der Waals surface area contributed by atoms with Crippen LogP contribution in [0.1, 0.15) is 15.9 Å². The molecule has 7 nitrogen and oxygen atoms in total. The minimum absolute atomic E-state index is 0.132. The van der Waals surface area contributed by atoms with Crippen LogP contribution in [0.4, 0.5) is 5.13 Å². The molecule has 0 aliphatic heterocycles. The van der Waals surface area contributed by atoms with Crippen LogP contribution < -0.4 is 4.90 Å². The smallest absolute Gasteiger partial charge is 0.260 e. The van der Waals surface area contributed by atoms with Gasteiger partial charge in [-0.05, 0) is 60.4 Å². The molecule has 0 atom stereocenters. The van der Waals surface area contributed by atoms with Gasteiger partial charge in [0.15, 0.2) is 5.13 Å². The molecule has 0 saturated carbocycles. The van der Waals surface area contributed by atoms with Crippen molar-refractivity contribution >= 4 is 54.4 Å². The maximum Gasteiger partial charge on any atom is 0.260 e. The summed E-state index contributed by atoms with van der Waals surface area (Å²) in [6.45, 7) is 0.291. The predicted octanol–water partition coefficient (Wildman–Crippen LogP) is 4.51. The Hall–Kier alpha value is -2.79. The number of pyridine rings is 1. The van der Waals surface area contributed by atoms with E-state index in [1.54, 1.807) is 29.1 Å². The van der Waals surface area contributed by atoms with Gasteiger partial charge in [-0.3, -0.25) is 14.7 Å². The Morgan fingerprint density at radius 2 is 1.85 bits per heavy atom. The van der Waals surface area contributed by atoms with E-state index < -0.39 is 10.0 Å². The highest BCUT2D eigenvalue weighted by Gasteiger charge is 2.23. The monoisotopic (exact) mass is 498 g/mol. The Kier molecular flexibility index (Phi) is 6.80. The summed E-state index contributed by atoms with van der Waals surface area (Å²) in [7, 11) is -0.633. The number of benzene rings is 2. The molecule has 0 unspecified atom stereocenters. The quantitative estimate of drug-likeness (QED) is 0.349. The van der Waals surface area contributed by atoms with E-state index >= 15 is 0 Å². The second-order valence-corrected chi connectivity index (χ2v) is 11.4. The summed E-state index contributed by atoms with van der Waals surface area (Å²) in [6.07, 6.45) is 5.41. The van der Waals surface area contributed by atoms with Crippen LogP contribution >= 0.6 is 23.1 Å². The molecule has 0 fully saturated rings. The van der Waals surface area contributed by atoms with Gasteiger partial charge in [-0.25, -0.2) is 17.7 Å². The van der Waals surface area contributed by atoms with Crippen LogP contribution in [0.25, 0.3) is 10.2 Å². The third-order valence-electron chi connectivity index (χ3n) is 5.00. The van der Waals surface area contributed by atoms with Gasteiger partial charge in [-0.15, -0.1) is 11.8 Å². The van der Waals surface area contributed by atoms with E-state index in [9.17, 15) is 13.2 Å². The van der Waals surface area contributed by atoms with Crippen molar-refractivity contribution in [2.75, 3.05) is 25.3 Å². The van der Waals surface area contributed by atoms with Crippen molar-refractivity contribution in [2.45, 2.75) is 16.3 Å². The second-order valence-electron chi connectivity index (χ2n) is 7.39. The Labute approximate surface area is 201 Å². The molecular weight excluding hydrogens is 476 g/mol. The summed E-state index contributed by atoms with van der Waals surface area (Å²) in [5.41, 5.74) is 2.06. The number of hydrogen-bond acceptors (Lipinski definition) is 7. The highest BCUT2D eigenvalue weighted by atomic mass is 32.2. The van der Waals surface area contributed by atoms with Crippen molar-refractivity contribution in [1.82, 2.24) is 14.3 Å². The lowest BCUT2D eigenvalue weighted by Gasteiger charge is -2.20. The lowest BCUT2D eigenvalue weighted by molar-refractivity contribution is 0.0985. The zero-order valence-corrected chi connectivity index (χ0v) is 20.7. The molecule has 4 aromatic rings. The average molecular weight is 499 g/mol. The molecule has 4 rings (SSSR count). The van der Waals surface area contributed by atoms with Gasteiger partial charge in [0.25, 0.3) is 5.91 Å². The molecular formula is C23H22N4O3S3. The first-order valence-electron chi connectivity index (χ1n) is 9.97. The Morgan fingerprint density at radius 3 is 2.48 bits per heavy atom. The molecule has 2 heterocycles. The summed E-state index contributed by atoms with van der Waals surface area (Å²) in [5, 5.41) is 0.571. The lowest BCUT2D eigenvalue weighted by atomic mass is 10.2. The summed E-state index contributed by atoms with van der Waals surface area (Å²) in [4.78, 5) is 25.3. The number of carbonyl (C=O) groups is 1. The lowest BCUT2D eigenvalue weighted by Crippen LogP contribution is -2.30. The number of fused-ring (bicyclic) bond motifs is 1. The number of sulfonamides is 1. The average Bonchev–Trinajstić information content (AvgIpc) is 3.25. The summed E-state index contributed by atoms with van der Waals surface area (Å²) in [5.74, 6) is -0.267. The van der Waals surface area contributed by atoms with Gasteiger partial charge < -0.3 is 0 Å².